The van der Waals surface area contributed by atoms with E-state index in [4.69, 9.17) is 4.74 Å². The lowest BCUT2D eigenvalue weighted by molar-refractivity contribution is 0.0302. The van der Waals surface area contributed by atoms with E-state index in [0.29, 0.717) is 45.0 Å². The summed E-state index contributed by atoms with van der Waals surface area (Å²) in [6.45, 7) is 3.52. The van der Waals surface area contributed by atoms with Gasteiger partial charge in [0.2, 0.25) is 0 Å². The van der Waals surface area contributed by atoms with E-state index in [1.807, 2.05) is 30.3 Å². The molecule has 3 heterocycles. The third-order valence-corrected chi connectivity index (χ3v) is 7.01. The van der Waals surface area contributed by atoms with Crippen molar-refractivity contribution >= 4 is 11.7 Å². The third-order valence-electron chi connectivity index (χ3n) is 7.01. The van der Waals surface area contributed by atoms with Crippen LogP contribution in [0.3, 0.4) is 0 Å². The minimum Gasteiger partial charge on any atom is -0.396 e. The molecule has 1 spiro atoms. The lowest BCUT2D eigenvalue weighted by atomic mass is 9.95. The molecular weight excluding hydrogens is 382 g/mol. The topological polar surface area (TPSA) is 86.1 Å². The molecular formula is C23H27N3O4. The van der Waals surface area contributed by atoms with Crippen molar-refractivity contribution in [1.29, 1.82) is 0 Å². The predicted molar refractivity (Wildman–Crippen MR) is 111 cm³/mol. The number of aliphatic hydroxyl groups is 2. The van der Waals surface area contributed by atoms with Crippen molar-refractivity contribution < 1.29 is 19.7 Å². The Morgan fingerprint density at radius 2 is 1.93 bits per heavy atom. The van der Waals surface area contributed by atoms with E-state index in [2.05, 4.69) is 22.0 Å². The Morgan fingerprint density at radius 3 is 2.60 bits per heavy atom. The zero-order valence-corrected chi connectivity index (χ0v) is 16.9. The number of β-amino-alcohol motifs (C(OH)–C–C–N with tert-alkyl or cyclic N) is 1. The van der Waals surface area contributed by atoms with Crippen molar-refractivity contribution in [3.63, 3.8) is 0 Å². The SMILES string of the molecule is O=C(c1ccc(N2C[C@H](O)[C@@]3(C2)[C@H](CO)[C@H]3c2ccccc2)nc1)N1CCOCC1. The van der Waals surface area contributed by atoms with Crippen LogP contribution in [0.4, 0.5) is 5.82 Å². The van der Waals surface area contributed by atoms with E-state index in [9.17, 15) is 15.0 Å². The quantitative estimate of drug-likeness (QED) is 0.787. The molecule has 158 valence electrons. The maximum atomic E-state index is 12.6. The molecule has 2 saturated heterocycles. The Hall–Kier alpha value is -2.48. The summed E-state index contributed by atoms with van der Waals surface area (Å²) >= 11 is 0. The maximum absolute atomic E-state index is 12.6. The number of hydrogen-bond donors (Lipinski definition) is 2. The van der Waals surface area contributed by atoms with Crippen LogP contribution in [0.5, 0.6) is 0 Å². The number of hydrogen-bond acceptors (Lipinski definition) is 6. The lowest BCUT2D eigenvalue weighted by Crippen LogP contribution is -2.40. The van der Waals surface area contributed by atoms with Crippen molar-refractivity contribution in [1.82, 2.24) is 9.88 Å². The van der Waals surface area contributed by atoms with Gasteiger partial charge in [0, 0.05) is 44.4 Å². The Kier molecular flexibility index (Phi) is 4.97. The molecule has 0 bridgehead atoms. The van der Waals surface area contributed by atoms with Crippen LogP contribution in [0, 0.1) is 11.3 Å². The normalized spacial score (nSPS) is 30.7. The molecule has 5 rings (SSSR count). The first-order chi connectivity index (χ1) is 14.6. The molecule has 7 heteroatoms. The van der Waals surface area contributed by atoms with Crippen molar-refractivity contribution in [3.8, 4) is 0 Å². The summed E-state index contributed by atoms with van der Waals surface area (Å²) in [6, 6.07) is 13.8. The second kappa shape index (κ2) is 7.65. The number of anilines is 1. The molecule has 0 unspecified atom stereocenters. The number of carbonyl (C=O) groups is 1. The van der Waals surface area contributed by atoms with E-state index in [0.717, 1.165) is 11.4 Å². The van der Waals surface area contributed by atoms with E-state index in [1.165, 1.54) is 0 Å². The first-order valence-electron chi connectivity index (χ1n) is 10.6. The molecule has 1 aromatic heterocycles. The van der Waals surface area contributed by atoms with Crippen LogP contribution in [-0.4, -0.2) is 78.1 Å². The van der Waals surface area contributed by atoms with Crippen LogP contribution >= 0.6 is 0 Å². The lowest BCUT2D eigenvalue weighted by Gasteiger charge is -2.27. The van der Waals surface area contributed by atoms with Gasteiger partial charge in [-0.1, -0.05) is 30.3 Å². The van der Waals surface area contributed by atoms with Crippen LogP contribution in [0.25, 0.3) is 0 Å². The van der Waals surface area contributed by atoms with Crippen molar-refractivity contribution in [3.05, 3.63) is 59.8 Å². The summed E-state index contributed by atoms with van der Waals surface area (Å²) in [5, 5.41) is 20.9. The smallest absolute Gasteiger partial charge is 0.255 e. The number of amides is 1. The molecule has 4 atom stereocenters. The molecule has 3 fully saturated rings. The van der Waals surface area contributed by atoms with Crippen LogP contribution in [-0.2, 0) is 4.74 Å². The number of rotatable bonds is 4. The number of aromatic nitrogens is 1. The van der Waals surface area contributed by atoms with Crippen LogP contribution in [0.2, 0.25) is 0 Å². The Labute approximate surface area is 175 Å². The van der Waals surface area contributed by atoms with Gasteiger partial charge in [-0.3, -0.25) is 4.79 Å². The van der Waals surface area contributed by atoms with Gasteiger partial charge in [-0.25, -0.2) is 4.98 Å². The fourth-order valence-electron chi connectivity index (χ4n) is 5.39. The van der Waals surface area contributed by atoms with Gasteiger partial charge in [-0.2, -0.15) is 0 Å². The monoisotopic (exact) mass is 409 g/mol. The second-order valence-corrected chi connectivity index (χ2v) is 8.50. The highest BCUT2D eigenvalue weighted by molar-refractivity contribution is 5.94. The van der Waals surface area contributed by atoms with Crippen molar-refractivity contribution in [2.24, 2.45) is 11.3 Å². The van der Waals surface area contributed by atoms with Crippen LogP contribution < -0.4 is 4.90 Å². The van der Waals surface area contributed by atoms with Gasteiger partial charge >= 0.3 is 0 Å². The molecule has 7 nitrogen and oxygen atoms in total. The average Bonchev–Trinajstić information content (AvgIpc) is 3.34. The van der Waals surface area contributed by atoms with Crippen molar-refractivity contribution in [2.45, 2.75) is 12.0 Å². The summed E-state index contributed by atoms with van der Waals surface area (Å²) < 4.78 is 5.31. The summed E-state index contributed by atoms with van der Waals surface area (Å²) in [6.07, 6.45) is 1.09. The molecule has 2 aliphatic heterocycles. The number of ether oxygens (including phenoxy) is 1. The Bertz CT molecular complexity index is 900. The number of morpholine rings is 1. The molecule has 1 aliphatic carbocycles. The molecule has 30 heavy (non-hydrogen) atoms. The molecule has 1 saturated carbocycles. The summed E-state index contributed by atoms with van der Waals surface area (Å²) in [4.78, 5) is 21.0. The highest BCUT2D eigenvalue weighted by Crippen LogP contribution is 2.68. The van der Waals surface area contributed by atoms with E-state index in [1.54, 1.807) is 11.1 Å². The number of benzene rings is 1. The number of pyridine rings is 1. The Balaban J connectivity index is 1.32. The number of nitrogens with zero attached hydrogens (tertiary/aromatic N) is 3. The van der Waals surface area contributed by atoms with Gasteiger partial charge in [0.15, 0.2) is 0 Å². The van der Waals surface area contributed by atoms with E-state index < -0.39 is 6.10 Å². The Morgan fingerprint density at radius 1 is 1.17 bits per heavy atom. The van der Waals surface area contributed by atoms with Crippen LogP contribution in [0.1, 0.15) is 21.8 Å². The molecule has 2 aromatic rings. The van der Waals surface area contributed by atoms with Gasteiger partial charge in [0.25, 0.3) is 5.91 Å². The standard InChI is InChI=1S/C23H27N3O4/c27-14-18-21(16-4-2-1-3-5-16)23(18)15-26(13-19(23)28)20-7-6-17(12-24-20)22(29)25-8-10-30-11-9-25/h1-7,12,18-19,21,27-28H,8-11,13-15H2/t18-,19+,21-,23-/m1/s1. The van der Waals surface area contributed by atoms with Gasteiger partial charge in [-0.05, 0) is 29.5 Å². The van der Waals surface area contributed by atoms with E-state index >= 15 is 0 Å². The first-order valence-corrected chi connectivity index (χ1v) is 10.6. The highest BCUT2D eigenvalue weighted by atomic mass is 16.5. The summed E-state index contributed by atoms with van der Waals surface area (Å²) in [5.74, 6) is 0.912. The largest absolute Gasteiger partial charge is 0.396 e. The number of carbonyl (C=O) groups excluding carboxylic acids is 1. The maximum Gasteiger partial charge on any atom is 0.255 e. The minimum absolute atomic E-state index is 0.0260. The highest BCUT2D eigenvalue weighted by Gasteiger charge is 2.71. The molecule has 3 aliphatic rings. The van der Waals surface area contributed by atoms with Gasteiger partial charge in [0.1, 0.15) is 5.82 Å². The summed E-state index contributed by atoms with van der Waals surface area (Å²) in [5.41, 5.74) is 1.38. The fraction of sp³-hybridized carbons (Fsp3) is 0.478. The first kappa shape index (κ1) is 19.5. The second-order valence-electron chi connectivity index (χ2n) is 8.50. The van der Waals surface area contributed by atoms with Gasteiger partial charge in [0.05, 0.1) is 24.9 Å². The van der Waals surface area contributed by atoms with E-state index in [-0.39, 0.29) is 29.8 Å². The molecule has 1 amide bonds. The third kappa shape index (κ3) is 3.09. The summed E-state index contributed by atoms with van der Waals surface area (Å²) in [7, 11) is 0. The minimum atomic E-state index is -0.531. The molecule has 2 N–H and O–H groups in total. The van der Waals surface area contributed by atoms with Gasteiger partial charge < -0.3 is 24.7 Å². The number of aliphatic hydroxyl groups excluding tert-OH is 2. The predicted octanol–water partition coefficient (Wildman–Crippen LogP) is 1.13. The van der Waals surface area contributed by atoms with Crippen LogP contribution in [0.15, 0.2) is 48.7 Å². The van der Waals surface area contributed by atoms with Gasteiger partial charge in [-0.15, -0.1) is 0 Å². The van der Waals surface area contributed by atoms with Crippen molar-refractivity contribution in [2.75, 3.05) is 50.9 Å². The molecule has 1 aromatic carbocycles. The fourth-order valence-corrected chi connectivity index (χ4v) is 5.39. The average molecular weight is 409 g/mol. The zero-order valence-electron chi connectivity index (χ0n) is 16.9. The molecule has 0 radical (unpaired) electrons. The zero-order chi connectivity index (χ0) is 20.7.